The highest BCUT2D eigenvalue weighted by molar-refractivity contribution is 5.69. The summed E-state index contributed by atoms with van der Waals surface area (Å²) in [6.45, 7) is 6.38. The van der Waals surface area contributed by atoms with E-state index in [-0.39, 0.29) is 12.1 Å². The standard InChI is InChI=1S/C12H19N3O2/c1-12(2,3)17-11(16)15-8-4-5-10(15)9-6-7-13-14-9/h6-7,10H,4-5,8H2,1-3H3,(H,13,14). The zero-order valence-corrected chi connectivity index (χ0v) is 10.6. The van der Waals surface area contributed by atoms with Crippen molar-refractivity contribution >= 4 is 6.09 Å². The molecule has 1 aromatic heterocycles. The Morgan fingerprint density at radius 2 is 2.35 bits per heavy atom. The Hall–Kier alpha value is -1.52. The summed E-state index contributed by atoms with van der Waals surface area (Å²) >= 11 is 0. The van der Waals surface area contributed by atoms with Crippen LogP contribution in [0.25, 0.3) is 0 Å². The van der Waals surface area contributed by atoms with Gasteiger partial charge in [0.05, 0.1) is 11.7 Å². The molecule has 5 heteroatoms. The molecule has 1 amide bonds. The molecule has 1 fully saturated rings. The van der Waals surface area contributed by atoms with Crippen LogP contribution in [0.1, 0.15) is 45.3 Å². The molecule has 0 radical (unpaired) electrons. The van der Waals surface area contributed by atoms with Gasteiger partial charge in [-0.25, -0.2) is 4.79 Å². The smallest absolute Gasteiger partial charge is 0.410 e. The first-order valence-electron chi connectivity index (χ1n) is 5.97. The molecule has 2 rings (SSSR count). The summed E-state index contributed by atoms with van der Waals surface area (Å²) in [4.78, 5) is 13.8. The first-order chi connectivity index (χ1) is 7.97. The van der Waals surface area contributed by atoms with E-state index in [2.05, 4.69) is 10.2 Å². The van der Waals surface area contributed by atoms with Crippen LogP contribution in [-0.4, -0.2) is 33.3 Å². The Kier molecular flexibility index (Phi) is 3.09. The van der Waals surface area contributed by atoms with Gasteiger partial charge in [0.15, 0.2) is 0 Å². The fourth-order valence-electron chi connectivity index (χ4n) is 2.07. The molecule has 1 N–H and O–H groups in total. The lowest BCUT2D eigenvalue weighted by Gasteiger charge is -2.27. The van der Waals surface area contributed by atoms with Gasteiger partial charge in [-0.2, -0.15) is 5.10 Å². The second-order valence-electron chi connectivity index (χ2n) is 5.33. The highest BCUT2D eigenvalue weighted by Gasteiger charge is 2.33. The van der Waals surface area contributed by atoms with Crippen LogP contribution < -0.4 is 0 Å². The van der Waals surface area contributed by atoms with Crippen LogP contribution >= 0.6 is 0 Å². The molecule has 94 valence electrons. The molecular weight excluding hydrogens is 218 g/mol. The predicted molar refractivity (Wildman–Crippen MR) is 63.5 cm³/mol. The van der Waals surface area contributed by atoms with Crippen molar-refractivity contribution in [2.75, 3.05) is 6.54 Å². The number of carbonyl (C=O) groups is 1. The minimum absolute atomic E-state index is 0.0519. The number of aromatic amines is 1. The Bertz CT molecular complexity index is 381. The Morgan fingerprint density at radius 3 is 2.94 bits per heavy atom. The lowest BCUT2D eigenvalue weighted by Crippen LogP contribution is -2.36. The molecule has 1 aliphatic rings. The third-order valence-corrected chi connectivity index (χ3v) is 2.74. The number of nitrogens with one attached hydrogen (secondary N) is 1. The van der Waals surface area contributed by atoms with E-state index < -0.39 is 5.60 Å². The van der Waals surface area contributed by atoms with E-state index >= 15 is 0 Å². The predicted octanol–water partition coefficient (Wildman–Crippen LogP) is 2.48. The summed E-state index contributed by atoms with van der Waals surface area (Å²) < 4.78 is 5.40. The van der Waals surface area contributed by atoms with E-state index in [0.29, 0.717) is 0 Å². The van der Waals surface area contributed by atoms with Gasteiger partial charge in [-0.3, -0.25) is 10.00 Å². The van der Waals surface area contributed by atoms with E-state index in [1.54, 1.807) is 11.1 Å². The largest absolute Gasteiger partial charge is 0.444 e. The van der Waals surface area contributed by atoms with E-state index in [1.165, 1.54) is 0 Å². The van der Waals surface area contributed by atoms with Crippen LogP contribution in [0.5, 0.6) is 0 Å². The van der Waals surface area contributed by atoms with Crippen LogP contribution in [0.2, 0.25) is 0 Å². The minimum Gasteiger partial charge on any atom is -0.444 e. The second kappa shape index (κ2) is 4.39. The first-order valence-corrected chi connectivity index (χ1v) is 5.97. The van der Waals surface area contributed by atoms with Crippen molar-refractivity contribution in [1.82, 2.24) is 15.1 Å². The SMILES string of the molecule is CC(C)(C)OC(=O)N1CCCC1c1cc[nH]n1. The molecular formula is C12H19N3O2. The Balaban J connectivity index is 2.07. The number of hydrogen-bond donors (Lipinski definition) is 1. The molecule has 17 heavy (non-hydrogen) atoms. The first kappa shape index (κ1) is 12.0. The van der Waals surface area contributed by atoms with Crippen LogP contribution in [0.3, 0.4) is 0 Å². The topological polar surface area (TPSA) is 58.2 Å². The van der Waals surface area contributed by atoms with E-state index in [1.807, 2.05) is 26.8 Å². The lowest BCUT2D eigenvalue weighted by atomic mass is 10.1. The molecule has 0 bridgehead atoms. The zero-order valence-electron chi connectivity index (χ0n) is 10.6. The van der Waals surface area contributed by atoms with Crippen molar-refractivity contribution in [3.8, 4) is 0 Å². The third kappa shape index (κ3) is 2.78. The van der Waals surface area contributed by atoms with Gasteiger partial charge in [-0.1, -0.05) is 0 Å². The number of aromatic nitrogens is 2. The summed E-state index contributed by atoms with van der Waals surface area (Å²) in [7, 11) is 0. The number of amides is 1. The highest BCUT2D eigenvalue weighted by Crippen LogP contribution is 2.31. The maximum atomic E-state index is 12.0. The fraction of sp³-hybridized carbons (Fsp3) is 0.667. The van der Waals surface area contributed by atoms with E-state index in [9.17, 15) is 4.79 Å². The van der Waals surface area contributed by atoms with Crippen molar-refractivity contribution < 1.29 is 9.53 Å². The quantitative estimate of drug-likeness (QED) is 0.816. The number of rotatable bonds is 1. The van der Waals surface area contributed by atoms with Crippen molar-refractivity contribution in [2.24, 2.45) is 0 Å². The van der Waals surface area contributed by atoms with Crippen molar-refractivity contribution in [3.63, 3.8) is 0 Å². The van der Waals surface area contributed by atoms with Gasteiger partial charge in [0.1, 0.15) is 5.60 Å². The zero-order chi connectivity index (χ0) is 12.5. The Morgan fingerprint density at radius 1 is 1.59 bits per heavy atom. The van der Waals surface area contributed by atoms with Gasteiger partial charge in [0.2, 0.25) is 0 Å². The molecule has 2 heterocycles. The van der Waals surface area contributed by atoms with Crippen LogP contribution in [0.15, 0.2) is 12.3 Å². The van der Waals surface area contributed by atoms with Gasteiger partial charge < -0.3 is 4.74 Å². The maximum Gasteiger partial charge on any atom is 0.410 e. The van der Waals surface area contributed by atoms with Crippen molar-refractivity contribution in [2.45, 2.75) is 45.3 Å². The van der Waals surface area contributed by atoms with E-state index in [0.717, 1.165) is 25.1 Å². The molecule has 1 unspecified atom stereocenters. The van der Waals surface area contributed by atoms with Gasteiger partial charge in [0, 0.05) is 12.7 Å². The summed E-state index contributed by atoms with van der Waals surface area (Å²) in [6, 6.07) is 1.96. The fourth-order valence-corrected chi connectivity index (χ4v) is 2.07. The molecule has 1 aliphatic heterocycles. The molecule has 5 nitrogen and oxygen atoms in total. The minimum atomic E-state index is -0.449. The molecule has 1 atom stereocenters. The average Bonchev–Trinajstić information content (AvgIpc) is 2.85. The lowest BCUT2D eigenvalue weighted by molar-refractivity contribution is 0.0221. The molecule has 0 spiro atoms. The summed E-state index contributed by atoms with van der Waals surface area (Å²) in [5.41, 5.74) is 0.462. The van der Waals surface area contributed by atoms with E-state index in [4.69, 9.17) is 4.74 Å². The second-order valence-corrected chi connectivity index (χ2v) is 5.33. The molecule has 0 aliphatic carbocycles. The molecule has 1 saturated heterocycles. The van der Waals surface area contributed by atoms with Crippen molar-refractivity contribution in [3.05, 3.63) is 18.0 Å². The monoisotopic (exact) mass is 237 g/mol. The van der Waals surface area contributed by atoms with Crippen molar-refractivity contribution in [1.29, 1.82) is 0 Å². The highest BCUT2D eigenvalue weighted by atomic mass is 16.6. The number of H-pyrrole nitrogens is 1. The van der Waals surface area contributed by atoms with Gasteiger partial charge >= 0.3 is 6.09 Å². The molecule has 1 aromatic rings. The number of carbonyl (C=O) groups excluding carboxylic acids is 1. The summed E-state index contributed by atoms with van der Waals surface area (Å²) in [6.07, 6.45) is 3.48. The van der Waals surface area contributed by atoms with Gasteiger partial charge in [-0.05, 0) is 39.7 Å². The van der Waals surface area contributed by atoms with Crippen LogP contribution in [0, 0.1) is 0 Å². The molecule has 0 saturated carbocycles. The Labute approximate surface area is 101 Å². The summed E-state index contributed by atoms with van der Waals surface area (Å²) in [5.74, 6) is 0. The maximum absolute atomic E-state index is 12.0. The summed E-state index contributed by atoms with van der Waals surface area (Å²) in [5, 5.41) is 6.94. The third-order valence-electron chi connectivity index (χ3n) is 2.74. The number of ether oxygens (including phenoxy) is 1. The van der Waals surface area contributed by atoms with Crippen LogP contribution in [-0.2, 0) is 4.74 Å². The number of nitrogens with zero attached hydrogens (tertiary/aromatic N) is 2. The normalized spacial score (nSPS) is 20.6. The van der Waals surface area contributed by atoms with Crippen LogP contribution in [0.4, 0.5) is 4.79 Å². The van der Waals surface area contributed by atoms with Gasteiger partial charge in [-0.15, -0.1) is 0 Å². The number of hydrogen-bond acceptors (Lipinski definition) is 3. The number of likely N-dealkylation sites (tertiary alicyclic amines) is 1. The molecule has 0 aromatic carbocycles. The average molecular weight is 237 g/mol. The van der Waals surface area contributed by atoms with Gasteiger partial charge in [0.25, 0.3) is 0 Å².